The van der Waals surface area contributed by atoms with Crippen LogP contribution in [0.25, 0.3) is 21.8 Å². The van der Waals surface area contributed by atoms with Crippen molar-refractivity contribution in [2.75, 3.05) is 7.05 Å². The minimum absolute atomic E-state index is 0.287. The van der Waals surface area contributed by atoms with Crippen LogP contribution in [0.2, 0.25) is 0 Å². The van der Waals surface area contributed by atoms with E-state index in [1.165, 1.54) is 25.3 Å². The number of urea groups is 1. The number of nitrogens with one attached hydrogen (secondary N) is 2. The Morgan fingerprint density at radius 2 is 1.55 bits per heavy atom. The first-order chi connectivity index (χ1) is 14.0. The van der Waals surface area contributed by atoms with E-state index in [4.69, 9.17) is 4.74 Å². The number of nitrogens with zero attached hydrogens (tertiary/aromatic N) is 1. The van der Waals surface area contributed by atoms with E-state index in [-0.39, 0.29) is 4.88 Å². The molecule has 8 heteroatoms. The van der Waals surface area contributed by atoms with E-state index < -0.39 is 24.0 Å². The van der Waals surface area contributed by atoms with Crippen molar-refractivity contribution in [1.82, 2.24) is 15.6 Å². The largest absolute Gasteiger partial charge is 0.448 e. The molecule has 0 bridgehead atoms. The molecule has 1 atom stereocenters. The summed E-state index contributed by atoms with van der Waals surface area (Å²) in [5, 5.41) is 5.02. The van der Waals surface area contributed by atoms with Crippen molar-refractivity contribution in [2.45, 2.75) is 13.0 Å². The predicted molar refractivity (Wildman–Crippen MR) is 110 cm³/mol. The summed E-state index contributed by atoms with van der Waals surface area (Å²) in [5.74, 6) is -1.39. The minimum atomic E-state index is -1.15. The summed E-state index contributed by atoms with van der Waals surface area (Å²) in [6.07, 6.45) is -1.15. The molecule has 29 heavy (non-hydrogen) atoms. The van der Waals surface area contributed by atoms with Crippen molar-refractivity contribution >= 4 is 29.2 Å². The van der Waals surface area contributed by atoms with Gasteiger partial charge >= 0.3 is 12.0 Å². The molecule has 7 nitrogen and oxygen atoms in total. The van der Waals surface area contributed by atoms with Gasteiger partial charge in [-0.3, -0.25) is 10.1 Å². The van der Waals surface area contributed by atoms with Gasteiger partial charge < -0.3 is 10.1 Å². The van der Waals surface area contributed by atoms with E-state index in [0.717, 1.165) is 11.1 Å². The van der Waals surface area contributed by atoms with Crippen LogP contribution in [0.4, 0.5) is 4.79 Å². The number of esters is 1. The third-order valence-corrected chi connectivity index (χ3v) is 5.08. The highest BCUT2D eigenvalue weighted by Gasteiger charge is 2.26. The third-order valence-electron chi connectivity index (χ3n) is 4.00. The second kappa shape index (κ2) is 9.11. The van der Waals surface area contributed by atoms with Gasteiger partial charge in [0.1, 0.15) is 9.88 Å². The molecule has 2 N–H and O–H groups in total. The molecule has 0 fully saturated rings. The summed E-state index contributed by atoms with van der Waals surface area (Å²) >= 11 is 1.19. The second-order valence-electron chi connectivity index (χ2n) is 6.04. The van der Waals surface area contributed by atoms with Crippen molar-refractivity contribution in [3.63, 3.8) is 0 Å². The topological polar surface area (TPSA) is 97.4 Å². The molecule has 0 saturated heterocycles. The lowest BCUT2D eigenvalue weighted by Gasteiger charge is -2.12. The Hall–Kier alpha value is -3.52. The molecule has 1 heterocycles. The quantitative estimate of drug-likeness (QED) is 0.629. The molecule has 1 aromatic heterocycles. The van der Waals surface area contributed by atoms with E-state index in [1.54, 1.807) is 0 Å². The number of carbonyl (C=O) groups is 3. The third kappa shape index (κ3) is 4.85. The van der Waals surface area contributed by atoms with Gasteiger partial charge in [0.15, 0.2) is 6.10 Å². The molecule has 3 rings (SSSR count). The molecule has 0 spiro atoms. The highest BCUT2D eigenvalue weighted by atomic mass is 32.1. The lowest BCUT2D eigenvalue weighted by Crippen LogP contribution is -2.43. The number of hydrogen-bond acceptors (Lipinski definition) is 6. The minimum Gasteiger partial charge on any atom is -0.448 e. The fourth-order valence-corrected chi connectivity index (χ4v) is 3.47. The fraction of sp³-hybridized carbons (Fsp3) is 0.143. The molecule has 3 amide bonds. The Bertz CT molecular complexity index is 1020. The van der Waals surface area contributed by atoms with Crippen LogP contribution in [-0.4, -0.2) is 36.0 Å². The van der Waals surface area contributed by atoms with Gasteiger partial charge in [-0.25, -0.2) is 14.6 Å². The first-order valence-corrected chi connectivity index (χ1v) is 9.66. The van der Waals surface area contributed by atoms with Gasteiger partial charge in [-0.2, -0.15) is 0 Å². The van der Waals surface area contributed by atoms with Gasteiger partial charge in [-0.05, 0) is 6.92 Å². The summed E-state index contributed by atoms with van der Waals surface area (Å²) < 4.78 is 5.29. The zero-order valence-electron chi connectivity index (χ0n) is 15.8. The molecule has 0 saturated carbocycles. The van der Waals surface area contributed by atoms with Crippen LogP contribution in [-0.2, 0) is 9.53 Å². The average molecular weight is 409 g/mol. The van der Waals surface area contributed by atoms with E-state index in [0.29, 0.717) is 10.7 Å². The second-order valence-corrected chi connectivity index (χ2v) is 7.04. The standard InChI is InChI=1S/C21H19N3O4S/c1-13(18(25)24-21(27)22-2)28-20(26)17-16(14-9-5-3-6-10-14)23-19(29-17)15-11-7-4-8-12-15/h3-13H,1-2H3,(H2,22,24,25,27)/t13-/m0/s1. The summed E-state index contributed by atoms with van der Waals surface area (Å²) in [4.78, 5) is 41.0. The molecule has 2 aromatic carbocycles. The number of thiazole rings is 1. The van der Waals surface area contributed by atoms with Crippen LogP contribution in [0.5, 0.6) is 0 Å². The molecular weight excluding hydrogens is 390 g/mol. The molecule has 0 aliphatic rings. The number of aromatic nitrogens is 1. The zero-order chi connectivity index (χ0) is 20.8. The van der Waals surface area contributed by atoms with E-state index in [1.807, 2.05) is 60.7 Å². The highest BCUT2D eigenvalue weighted by molar-refractivity contribution is 7.17. The smallest absolute Gasteiger partial charge is 0.351 e. The maximum Gasteiger partial charge on any atom is 0.351 e. The number of ether oxygens (including phenoxy) is 1. The number of rotatable bonds is 5. The molecule has 0 aliphatic heterocycles. The van der Waals surface area contributed by atoms with Crippen LogP contribution < -0.4 is 10.6 Å². The van der Waals surface area contributed by atoms with Gasteiger partial charge in [0.25, 0.3) is 5.91 Å². The maximum absolute atomic E-state index is 12.8. The van der Waals surface area contributed by atoms with Gasteiger partial charge in [-0.15, -0.1) is 11.3 Å². The number of imide groups is 1. The van der Waals surface area contributed by atoms with Crippen molar-refractivity contribution in [3.05, 3.63) is 65.5 Å². The van der Waals surface area contributed by atoms with Gasteiger partial charge in [0.2, 0.25) is 0 Å². The Kier molecular flexibility index (Phi) is 6.36. The van der Waals surface area contributed by atoms with Crippen molar-refractivity contribution in [3.8, 4) is 21.8 Å². The maximum atomic E-state index is 12.8. The molecule has 0 radical (unpaired) electrons. The molecule has 0 aliphatic carbocycles. The van der Waals surface area contributed by atoms with Crippen molar-refractivity contribution in [2.24, 2.45) is 0 Å². The number of benzene rings is 2. The van der Waals surface area contributed by atoms with E-state index >= 15 is 0 Å². The fourth-order valence-electron chi connectivity index (χ4n) is 2.50. The predicted octanol–water partition coefficient (Wildman–Crippen LogP) is 3.48. The Labute approximate surface area is 171 Å². The van der Waals surface area contributed by atoms with Crippen molar-refractivity contribution in [1.29, 1.82) is 0 Å². The molecule has 3 aromatic rings. The number of carbonyl (C=O) groups excluding carboxylic acids is 3. The van der Waals surface area contributed by atoms with E-state index in [9.17, 15) is 14.4 Å². The van der Waals surface area contributed by atoms with Crippen LogP contribution in [0.3, 0.4) is 0 Å². The number of hydrogen-bond donors (Lipinski definition) is 2. The van der Waals surface area contributed by atoms with Gasteiger partial charge in [0, 0.05) is 18.2 Å². The summed E-state index contributed by atoms with van der Waals surface area (Å²) in [7, 11) is 1.38. The summed E-state index contributed by atoms with van der Waals surface area (Å²) in [6.45, 7) is 1.40. The van der Waals surface area contributed by atoms with Gasteiger partial charge in [-0.1, -0.05) is 60.7 Å². The van der Waals surface area contributed by atoms with Crippen LogP contribution in [0.15, 0.2) is 60.7 Å². The number of amides is 3. The Balaban J connectivity index is 1.90. The first-order valence-electron chi connectivity index (χ1n) is 8.85. The molecular formula is C21H19N3O4S. The monoisotopic (exact) mass is 409 g/mol. The molecule has 0 unspecified atom stereocenters. The Morgan fingerprint density at radius 1 is 0.966 bits per heavy atom. The van der Waals surface area contributed by atoms with E-state index in [2.05, 4.69) is 15.6 Å². The Morgan fingerprint density at radius 3 is 2.14 bits per heavy atom. The SMILES string of the molecule is CNC(=O)NC(=O)[C@H](C)OC(=O)c1sc(-c2ccccc2)nc1-c1ccccc1. The summed E-state index contributed by atoms with van der Waals surface area (Å²) in [5.41, 5.74) is 2.12. The lowest BCUT2D eigenvalue weighted by molar-refractivity contribution is -0.127. The van der Waals surface area contributed by atoms with Gasteiger partial charge in [0.05, 0.1) is 5.69 Å². The zero-order valence-corrected chi connectivity index (χ0v) is 16.7. The first kappa shape index (κ1) is 20.2. The van der Waals surface area contributed by atoms with Crippen LogP contribution in [0.1, 0.15) is 16.6 Å². The molecule has 148 valence electrons. The average Bonchev–Trinajstić information content (AvgIpc) is 3.20. The normalized spacial score (nSPS) is 11.4. The van der Waals surface area contributed by atoms with Crippen molar-refractivity contribution < 1.29 is 19.1 Å². The van der Waals surface area contributed by atoms with Crippen LogP contribution >= 0.6 is 11.3 Å². The summed E-state index contributed by atoms with van der Waals surface area (Å²) in [6, 6.07) is 18.1. The lowest BCUT2D eigenvalue weighted by atomic mass is 10.1. The van der Waals surface area contributed by atoms with Crippen LogP contribution in [0, 0.1) is 0 Å². The highest BCUT2D eigenvalue weighted by Crippen LogP contribution is 2.34.